The van der Waals surface area contributed by atoms with Crippen LogP contribution in [0.3, 0.4) is 0 Å². The first kappa shape index (κ1) is 15.6. The fourth-order valence-electron chi connectivity index (χ4n) is 1.33. The molecule has 0 aromatic heterocycles. The topological polar surface area (TPSA) is 81.4 Å². The number of esters is 1. The number of halogens is 2. The van der Waals surface area contributed by atoms with Crippen molar-refractivity contribution in [2.45, 2.75) is 13.3 Å². The van der Waals surface area contributed by atoms with Gasteiger partial charge in [-0.1, -0.05) is 23.2 Å². The van der Waals surface area contributed by atoms with Crippen LogP contribution in [0.4, 0.5) is 5.69 Å². The zero-order chi connectivity index (χ0) is 14.4. The Balaban J connectivity index is 2.57. The summed E-state index contributed by atoms with van der Waals surface area (Å²) in [6.45, 7) is 2.34. The zero-order valence-electron chi connectivity index (χ0n) is 10.3. The Labute approximate surface area is 121 Å². The van der Waals surface area contributed by atoms with Gasteiger partial charge in [0.25, 0.3) is 0 Å². The molecule has 7 heteroatoms. The largest absolute Gasteiger partial charge is 0.462 e. The molecule has 0 aliphatic rings. The van der Waals surface area contributed by atoms with E-state index in [0.717, 1.165) is 0 Å². The van der Waals surface area contributed by atoms with Crippen LogP contribution < -0.4 is 11.1 Å². The molecule has 1 aromatic carbocycles. The summed E-state index contributed by atoms with van der Waals surface area (Å²) in [6.07, 6.45) is 0.108. The lowest BCUT2D eigenvalue weighted by molar-refractivity contribution is -0.121. The van der Waals surface area contributed by atoms with E-state index in [0.29, 0.717) is 6.54 Å². The smallest absolute Gasteiger partial charge is 0.338 e. The molecule has 0 aliphatic carbocycles. The maximum atomic E-state index is 11.7. The van der Waals surface area contributed by atoms with Crippen LogP contribution in [0, 0.1) is 0 Å². The standard InChI is InChI=1S/C12H14Cl2N2O3/c1-2-16-10(17)3-4-19-12(18)7-5-8(13)11(14)9(15)6-7/h5-6H,2-4,15H2,1H3,(H,16,17). The summed E-state index contributed by atoms with van der Waals surface area (Å²) in [6, 6.07) is 2.75. The number of anilines is 1. The molecule has 0 fully saturated rings. The molecule has 1 rings (SSSR count). The number of amides is 1. The predicted octanol–water partition coefficient (Wildman–Crippen LogP) is 2.26. The minimum absolute atomic E-state index is 0.00911. The fraction of sp³-hybridized carbons (Fsp3) is 0.333. The minimum atomic E-state index is -0.602. The number of carbonyl (C=O) groups excluding carboxylic acids is 2. The third-order valence-electron chi connectivity index (χ3n) is 2.23. The molecule has 0 heterocycles. The van der Waals surface area contributed by atoms with Gasteiger partial charge in [0.1, 0.15) is 6.61 Å². The number of carbonyl (C=O) groups is 2. The first-order valence-corrected chi connectivity index (χ1v) is 6.39. The lowest BCUT2D eigenvalue weighted by Crippen LogP contribution is -2.24. The number of rotatable bonds is 5. The Kier molecular flexibility index (Phi) is 5.92. The SMILES string of the molecule is CCNC(=O)CCOC(=O)c1cc(N)c(Cl)c(Cl)c1. The van der Waals surface area contributed by atoms with Crippen LogP contribution in [-0.4, -0.2) is 25.0 Å². The van der Waals surface area contributed by atoms with Gasteiger partial charge in [0.2, 0.25) is 5.91 Å². The molecule has 0 unspecified atom stereocenters. The fourth-order valence-corrected chi connectivity index (χ4v) is 1.67. The van der Waals surface area contributed by atoms with Gasteiger partial charge < -0.3 is 15.8 Å². The second-order valence-corrected chi connectivity index (χ2v) is 4.49. The number of hydrogen-bond acceptors (Lipinski definition) is 4. The Morgan fingerprint density at radius 2 is 2.05 bits per heavy atom. The molecular weight excluding hydrogens is 291 g/mol. The van der Waals surface area contributed by atoms with Gasteiger partial charge in [-0.15, -0.1) is 0 Å². The van der Waals surface area contributed by atoms with Crippen molar-refractivity contribution in [1.82, 2.24) is 5.32 Å². The van der Waals surface area contributed by atoms with E-state index >= 15 is 0 Å². The molecule has 104 valence electrons. The van der Waals surface area contributed by atoms with E-state index in [9.17, 15) is 9.59 Å². The molecule has 1 aromatic rings. The molecule has 0 saturated carbocycles. The van der Waals surface area contributed by atoms with E-state index in [1.165, 1.54) is 12.1 Å². The van der Waals surface area contributed by atoms with Gasteiger partial charge in [-0.2, -0.15) is 0 Å². The van der Waals surface area contributed by atoms with Crippen molar-refractivity contribution in [1.29, 1.82) is 0 Å². The highest BCUT2D eigenvalue weighted by atomic mass is 35.5. The average Bonchev–Trinajstić information content (AvgIpc) is 2.35. The van der Waals surface area contributed by atoms with Crippen LogP contribution in [0.15, 0.2) is 12.1 Å². The Hall–Kier alpha value is -1.46. The third kappa shape index (κ3) is 4.61. The van der Waals surface area contributed by atoms with E-state index in [4.69, 9.17) is 33.7 Å². The van der Waals surface area contributed by atoms with Gasteiger partial charge in [-0.25, -0.2) is 4.79 Å². The summed E-state index contributed by atoms with van der Waals surface area (Å²) >= 11 is 11.6. The third-order valence-corrected chi connectivity index (χ3v) is 3.04. The number of hydrogen-bond donors (Lipinski definition) is 2. The monoisotopic (exact) mass is 304 g/mol. The summed E-state index contributed by atoms with van der Waals surface area (Å²) in [5.74, 6) is -0.779. The van der Waals surface area contributed by atoms with Crippen molar-refractivity contribution in [3.63, 3.8) is 0 Å². The highest BCUT2D eigenvalue weighted by molar-refractivity contribution is 6.43. The van der Waals surface area contributed by atoms with Crippen LogP contribution in [0.25, 0.3) is 0 Å². The lowest BCUT2D eigenvalue weighted by Gasteiger charge is -2.07. The van der Waals surface area contributed by atoms with Gasteiger partial charge in [0.15, 0.2) is 0 Å². The van der Waals surface area contributed by atoms with Crippen LogP contribution >= 0.6 is 23.2 Å². The average molecular weight is 305 g/mol. The normalized spacial score (nSPS) is 10.1. The summed E-state index contributed by atoms with van der Waals surface area (Å²) in [5, 5.41) is 2.97. The number of nitrogens with two attached hydrogens (primary N) is 1. The maximum absolute atomic E-state index is 11.7. The molecule has 1 amide bonds. The molecule has 0 saturated heterocycles. The first-order valence-electron chi connectivity index (χ1n) is 5.64. The lowest BCUT2D eigenvalue weighted by atomic mass is 10.2. The summed E-state index contributed by atoms with van der Waals surface area (Å²) in [7, 11) is 0. The second kappa shape index (κ2) is 7.21. The number of benzene rings is 1. The highest BCUT2D eigenvalue weighted by Crippen LogP contribution is 2.29. The molecule has 3 N–H and O–H groups in total. The molecule has 0 bridgehead atoms. The van der Waals surface area contributed by atoms with Crippen molar-refractivity contribution in [3.05, 3.63) is 27.7 Å². The Morgan fingerprint density at radius 1 is 1.37 bits per heavy atom. The Bertz CT molecular complexity index is 469. The van der Waals surface area contributed by atoms with Crippen molar-refractivity contribution in [2.24, 2.45) is 0 Å². The molecular formula is C12H14Cl2N2O3. The minimum Gasteiger partial charge on any atom is -0.462 e. The van der Waals surface area contributed by atoms with Crippen molar-refractivity contribution in [3.8, 4) is 0 Å². The molecule has 0 radical (unpaired) electrons. The van der Waals surface area contributed by atoms with Crippen molar-refractivity contribution >= 4 is 40.8 Å². The molecule has 19 heavy (non-hydrogen) atoms. The van der Waals surface area contributed by atoms with Gasteiger partial charge in [-0.05, 0) is 19.1 Å². The van der Waals surface area contributed by atoms with Gasteiger partial charge in [-0.3, -0.25) is 4.79 Å². The molecule has 0 atom stereocenters. The van der Waals surface area contributed by atoms with Gasteiger partial charge >= 0.3 is 5.97 Å². The van der Waals surface area contributed by atoms with Crippen molar-refractivity contribution in [2.75, 3.05) is 18.9 Å². The Morgan fingerprint density at radius 3 is 2.63 bits per heavy atom. The summed E-state index contributed by atoms with van der Waals surface area (Å²) in [4.78, 5) is 22.8. The molecule has 0 aliphatic heterocycles. The van der Waals surface area contributed by atoms with Crippen LogP contribution in [0.5, 0.6) is 0 Å². The van der Waals surface area contributed by atoms with Crippen molar-refractivity contribution < 1.29 is 14.3 Å². The van der Waals surface area contributed by atoms with E-state index in [2.05, 4.69) is 5.32 Å². The maximum Gasteiger partial charge on any atom is 0.338 e. The number of ether oxygens (including phenoxy) is 1. The number of nitrogen functional groups attached to an aromatic ring is 1. The zero-order valence-corrected chi connectivity index (χ0v) is 11.8. The highest BCUT2D eigenvalue weighted by Gasteiger charge is 2.13. The van der Waals surface area contributed by atoms with E-state index in [1.807, 2.05) is 6.92 Å². The summed E-state index contributed by atoms with van der Waals surface area (Å²) in [5.41, 5.74) is 5.98. The predicted molar refractivity (Wildman–Crippen MR) is 74.5 cm³/mol. The molecule has 5 nitrogen and oxygen atoms in total. The van der Waals surface area contributed by atoms with E-state index in [-0.39, 0.29) is 40.2 Å². The second-order valence-electron chi connectivity index (χ2n) is 3.70. The number of nitrogens with one attached hydrogen (secondary N) is 1. The van der Waals surface area contributed by atoms with Gasteiger partial charge in [0.05, 0.1) is 27.7 Å². The summed E-state index contributed by atoms with van der Waals surface area (Å²) < 4.78 is 4.94. The van der Waals surface area contributed by atoms with Crippen LogP contribution in [0.2, 0.25) is 10.0 Å². The van der Waals surface area contributed by atoms with E-state index < -0.39 is 5.97 Å². The van der Waals surface area contributed by atoms with Crippen LogP contribution in [0.1, 0.15) is 23.7 Å². The van der Waals surface area contributed by atoms with E-state index in [1.54, 1.807) is 0 Å². The quantitative estimate of drug-likeness (QED) is 0.646. The van der Waals surface area contributed by atoms with Gasteiger partial charge in [0, 0.05) is 6.54 Å². The molecule has 0 spiro atoms. The van der Waals surface area contributed by atoms with Crippen LogP contribution in [-0.2, 0) is 9.53 Å². The first-order chi connectivity index (χ1) is 8.95.